The molecule has 0 aromatic heterocycles. The molecule has 2 amide bonds. The van der Waals surface area contributed by atoms with E-state index in [1.165, 1.54) is 52.1 Å². The van der Waals surface area contributed by atoms with Crippen LogP contribution in [0.2, 0.25) is 0 Å². The number of halogens is 1. The fraction of sp³-hybridized carbons (Fsp3) is 0.923. The third kappa shape index (κ3) is 16.5. The van der Waals surface area contributed by atoms with Crippen LogP contribution in [0.4, 0.5) is 4.70 Å². The minimum Gasteiger partial charge on any atom is -1.00 e. The molecule has 2 rings (SSSR count). The van der Waals surface area contributed by atoms with Crippen molar-refractivity contribution in [3.8, 4) is 0 Å². The molecule has 0 aliphatic carbocycles. The molecular weight excluding hydrogens is 481 g/mol. The first-order valence-corrected chi connectivity index (χ1v) is 13.7. The van der Waals surface area contributed by atoms with Crippen LogP contribution in [-0.2, 0) is 9.59 Å². The molecule has 0 radical (unpaired) electrons. The Kier molecular flexibility index (Phi) is 27.8. The van der Waals surface area contributed by atoms with Crippen molar-refractivity contribution < 1.29 is 36.0 Å². The minimum atomic E-state index is 0. The smallest absolute Gasteiger partial charge is 1.00 e. The zero-order valence-corrected chi connectivity index (χ0v) is 24.5. The van der Waals surface area contributed by atoms with E-state index in [0.29, 0.717) is 31.8 Å². The molecule has 2 heterocycles. The molecule has 218 valence electrons. The standard InChI is InChI=1S/C13H25N3O2.C13H29N3.Al.FH.Li.H2.4H/c1-4-12(17)15-6-7-16(13(18)5-2)10-11(9-15)8-14-3;1-4-6-15-8-9-16(7-5-2)12-13(11-15)10-14-3;;;;;;;;/h11,14H,4-10H2,1-3H3;13-14H,4-12H2,1-3H3;;1H;;1H;;;;/q;;;;+1;;;;;-1/i;;;;;1+2;;;;. The maximum absolute atomic E-state index is 11.8. The Morgan fingerprint density at radius 1 is 0.730 bits per heavy atom. The topological polar surface area (TPSA) is 71.2 Å². The second kappa shape index (κ2) is 24.9. The Morgan fingerprint density at radius 2 is 1.08 bits per heavy atom. The summed E-state index contributed by atoms with van der Waals surface area (Å²) in [6.07, 6.45) is 3.63. The van der Waals surface area contributed by atoms with E-state index in [4.69, 9.17) is 0 Å². The SMILES string of the molecule is CCC(=O)N1CCN(C(=O)CC)CC(CNC)C1.CCCN1CCN(CCC)CC(CNC)C1.F.[3HH].[AlH3].[H-].[Li+]. The molecule has 37 heavy (non-hydrogen) atoms. The second-order valence-corrected chi connectivity index (χ2v) is 9.84. The number of nitrogens with zero attached hydrogens (tertiary/aromatic N) is 4. The average molecular weight is 545 g/mol. The van der Waals surface area contributed by atoms with Gasteiger partial charge in [0, 0.05) is 85.6 Å². The van der Waals surface area contributed by atoms with E-state index in [1.54, 1.807) is 0 Å². The van der Waals surface area contributed by atoms with Gasteiger partial charge in [-0.15, -0.1) is 0 Å². The van der Waals surface area contributed by atoms with Gasteiger partial charge in [-0.05, 0) is 45.9 Å². The zero-order valence-electron chi connectivity index (χ0n) is 25.5. The molecule has 2 N–H and O–H groups in total. The molecule has 0 aromatic rings. The van der Waals surface area contributed by atoms with E-state index in [1.807, 2.05) is 30.7 Å². The summed E-state index contributed by atoms with van der Waals surface area (Å²) in [6.45, 7) is 20.7. The molecular formula is C26H61AlFLiN6O2. The van der Waals surface area contributed by atoms with E-state index in [-0.39, 0.29) is 55.6 Å². The van der Waals surface area contributed by atoms with Crippen molar-refractivity contribution in [1.29, 1.82) is 0 Å². The molecule has 0 bridgehead atoms. The van der Waals surface area contributed by atoms with Crippen LogP contribution >= 0.6 is 0 Å². The molecule has 2 fully saturated rings. The zero-order chi connectivity index (χ0) is 25.3. The van der Waals surface area contributed by atoms with Crippen molar-refractivity contribution in [2.24, 2.45) is 11.8 Å². The second-order valence-electron chi connectivity index (χ2n) is 9.84. The maximum atomic E-state index is 11.8. The summed E-state index contributed by atoms with van der Waals surface area (Å²) in [5, 5.41) is 6.48. The predicted octanol–water partition coefficient (Wildman–Crippen LogP) is -2.10. The van der Waals surface area contributed by atoms with Gasteiger partial charge in [-0.3, -0.25) is 14.3 Å². The molecule has 0 saturated carbocycles. The Bertz CT molecular complexity index is 551. The summed E-state index contributed by atoms with van der Waals surface area (Å²) < 4.78 is 0. The largest absolute Gasteiger partial charge is 1.00 e. The van der Waals surface area contributed by atoms with Gasteiger partial charge < -0.3 is 31.7 Å². The van der Waals surface area contributed by atoms with Crippen LogP contribution in [0.3, 0.4) is 0 Å². The summed E-state index contributed by atoms with van der Waals surface area (Å²) in [6, 6.07) is 0. The van der Waals surface area contributed by atoms with Gasteiger partial charge in [-0.2, -0.15) is 0 Å². The average Bonchev–Trinajstić information content (AvgIpc) is 3.16. The van der Waals surface area contributed by atoms with E-state index < -0.39 is 0 Å². The fourth-order valence-corrected chi connectivity index (χ4v) is 5.13. The fourth-order valence-electron chi connectivity index (χ4n) is 5.13. The van der Waals surface area contributed by atoms with Crippen LogP contribution in [0.15, 0.2) is 0 Å². The maximum Gasteiger partial charge on any atom is 1.00 e. The van der Waals surface area contributed by atoms with Gasteiger partial charge in [0.05, 0.1) is 0 Å². The van der Waals surface area contributed by atoms with Crippen molar-refractivity contribution >= 4 is 29.2 Å². The van der Waals surface area contributed by atoms with Crippen LogP contribution in [0, 0.1) is 11.8 Å². The van der Waals surface area contributed by atoms with Gasteiger partial charge in [-0.1, -0.05) is 27.7 Å². The van der Waals surface area contributed by atoms with Gasteiger partial charge in [-0.25, -0.2) is 0 Å². The van der Waals surface area contributed by atoms with Gasteiger partial charge >= 0.3 is 18.9 Å². The van der Waals surface area contributed by atoms with Gasteiger partial charge in [0.15, 0.2) is 17.4 Å². The summed E-state index contributed by atoms with van der Waals surface area (Å²) in [5.74, 6) is 1.48. The number of carbonyl (C=O) groups excluding carboxylic acids is 2. The Morgan fingerprint density at radius 3 is 1.38 bits per heavy atom. The molecule has 2 saturated heterocycles. The van der Waals surface area contributed by atoms with E-state index in [9.17, 15) is 9.59 Å². The van der Waals surface area contributed by atoms with Crippen LogP contribution in [-0.4, -0.2) is 141 Å². The minimum absolute atomic E-state index is 0. The quantitative estimate of drug-likeness (QED) is 0.308. The number of hydrogen-bond acceptors (Lipinski definition) is 6. The molecule has 0 aromatic carbocycles. The molecule has 0 spiro atoms. The van der Waals surface area contributed by atoms with Crippen molar-refractivity contribution in [2.45, 2.75) is 53.4 Å². The van der Waals surface area contributed by atoms with Gasteiger partial charge in [0.25, 0.3) is 0 Å². The summed E-state index contributed by atoms with van der Waals surface area (Å²) >= 11 is 0. The summed E-state index contributed by atoms with van der Waals surface area (Å²) in [4.78, 5) is 32.7. The normalized spacial score (nSPS) is 17.8. The number of carbonyl (C=O) groups is 2. The molecule has 0 unspecified atom stereocenters. The van der Waals surface area contributed by atoms with E-state index in [2.05, 4.69) is 41.3 Å². The Hall–Kier alpha value is -0.160. The third-order valence-corrected chi connectivity index (χ3v) is 6.74. The molecule has 2 aliphatic rings. The van der Waals surface area contributed by atoms with Crippen molar-refractivity contribution in [2.75, 3.05) is 92.6 Å². The predicted molar refractivity (Wildman–Crippen MR) is 158 cm³/mol. The molecule has 8 nitrogen and oxygen atoms in total. The Balaban J connectivity index is -0.000000176. The van der Waals surface area contributed by atoms with Gasteiger partial charge in [0.2, 0.25) is 11.8 Å². The van der Waals surface area contributed by atoms with Crippen molar-refractivity contribution in [1.82, 2.24) is 30.2 Å². The van der Waals surface area contributed by atoms with Crippen LogP contribution in [0.25, 0.3) is 0 Å². The monoisotopic (exact) mass is 544 g/mol. The number of nitrogens with one attached hydrogen (secondary N) is 2. The van der Waals surface area contributed by atoms with Crippen LogP contribution in [0.1, 0.15) is 56.2 Å². The Labute approximate surface area is 252 Å². The summed E-state index contributed by atoms with van der Waals surface area (Å²) in [7, 11) is 3.97. The molecule has 2 aliphatic heterocycles. The first kappa shape index (κ1) is 41.3. The molecule has 0 atom stereocenters. The molecule has 11 heteroatoms. The third-order valence-electron chi connectivity index (χ3n) is 6.74. The first-order chi connectivity index (χ1) is 16.4. The first-order valence-electron chi connectivity index (χ1n) is 13.7. The van der Waals surface area contributed by atoms with Crippen LogP contribution in [0.5, 0.6) is 0 Å². The number of rotatable bonds is 10. The number of amides is 2. The number of hydrogen-bond donors (Lipinski definition) is 2. The van der Waals surface area contributed by atoms with E-state index >= 15 is 0 Å². The van der Waals surface area contributed by atoms with E-state index in [0.717, 1.165) is 32.1 Å². The van der Waals surface area contributed by atoms with Crippen LogP contribution < -0.4 is 29.5 Å². The van der Waals surface area contributed by atoms with Crippen molar-refractivity contribution in [3.63, 3.8) is 0 Å². The van der Waals surface area contributed by atoms with Crippen molar-refractivity contribution in [3.05, 3.63) is 0 Å². The summed E-state index contributed by atoms with van der Waals surface area (Å²) in [5.41, 5.74) is 0. The van der Waals surface area contributed by atoms with Gasteiger partial charge in [0.1, 0.15) is 0 Å².